The lowest BCUT2D eigenvalue weighted by atomic mass is 10.2. The van der Waals surface area contributed by atoms with Gasteiger partial charge in [-0.05, 0) is 6.07 Å². The Morgan fingerprint density at radius 2 is 1.70 bits per heavy atom. The van der Waals surface area contributed by atoms with Gasteiger partial charge >= 0.3 is 0 Å². The summed E-state index contributed by atoms with van der Waals surface area (Å²) in [6, 6.07) is 11.8. The number of nitrogens with zero attached hydrogens (tertiary/aromatic N) is 2. The van der Waals surface area contributed by atoms with E-state index >= 15 is 0 Å². The fourth-order valence-corrected chi connectivity index (χ4v) is 3.70. The summed E-state index contributed by atoms with van der Waals surface area (Å²) in [5, 5.41) is 14.5. The maximum absolute atomic E-state index is 5.39. The highest BCUT2D eigenvalue weighted by Gasteiger charge is 2.15. The molecule has 2 N–H and O–H groups in total. The number of aromatic nitrogens is 3. The highest BCUT2D eigenvalue weighted by molar-refractivity contribution is 7.18. The first-order valence-electron chi connectivity index (χ1n) is 8.20. The maximum atomic E-state index is 5.39. The third-order valence-electron chi connectivity index (χ3n) is 4.16. The lowest BCUT2D eigenvalue weighted by Gasteiger charge is -2.14. The van der Waals surface area contributed by atoms with Gasteiger partial charge in [-0.3, -0.25) is 0 Å². The first-order chi connectivity index (χ1) is 13.2. The number of methoxy groups -OCH3 is 3. The zero-order valence-corrected chi connectivity index (χ0v) is 15.9. The number of anilines is 2. The molecule has 2 aromatic heterocycles. The number of rotatable bonds is 6. The van der Waals surface area contributed by atoms with E-state index in [9.17, 15) is 0 Å². The molecule has 0 radical (unpaired) electrons. The Balaban J connectivity index is 1.65. The Bertz CT molecular complexity index is 1060. The van der Waals surface area contributed by atoms with Crippen molar-refractivity contribution in [2.45, 2.75) is 0 Å². The van der Waals surface area contributed by atoms with E-state index < -0.39 is 0 Å². The van der Waals surface area contributed by atoms with Gasteiger partial charge in [-0.1, -0.05) is 29.5 Å². The fraction of sp³-hybridized carbons (Fsp3) is 0.158. The third kappa shape index (κ3) is 3.15. The average Bonchev–Trinajstić information content (AvgIpc) is 3.33. The Morgan fingerprint density at radius 1 is 0.963 bits per heavy atom. The molecule has 8 heteroatoms. The van der Waals surface area contributed by atoms with Crippen molar-refractivity contribution >= 4 is 33.1 Å². The van der Waals surface area contributed by atoms with E-state index in [0.717, 1.165) is 27.2 Å². The van der Waals surface area contributed by atoms with E-state index in [1.807, 2.05) is 36.5 Å². The third-order valence-corrected chi connectivity index (χ3v) is 5.03. The molecule has 4 aromatic rings. The first kappa shape index (κ1) is 17.2. The van der Waals surface area contributed by atoms with Gasteiger partial charge < -0.3 is 24.5 Å². The summed E-state index contributed by atoms with van der Waals surface area (Å²) < 4.78 is 16.1. The van der Waals surface area contributed by atoms with Crippen LogP contribution in [0.1, 0.15) is 0 Å². The van der Waals surface area contributed by atoms with E-state index in [2.05, 4.69) is 26.6 Å². The summed E-state index contributed by atoms with van der Waals surface area (Å²) in [6.07, 6.45) is 1.95. The van der Waals surface area contributed by atoms with Gasteiger partial charge in [0.15, 0.2) is 16.5 Å². The molecule has 0 aliphatic carbocycles. The number of para-hydroxylation sites is 1. The molecular formula is C19H18N4O3S. The van der Waals surface area contributed by atoms with Gasteiger partial charge in [0.05, 0.1) is 21.3 Å². The molecule has 2 heterocycles. The average molecular weight is 382 g/mol. The molecule has 0 saturated carbocycles. The van der Waals surface area contributed by atoms with Crippen molar-refractivity contribution in [3.8, 4) is 27.8 Å². The molecule has 0 unspecified atom stereocenters. The highest BCUT2D eigenvalue weighted by atomic mass is 32.1. The minimum Gasteiger partial charge on any atom is -0.493 e. The van der Waals surface area contributed by atoms with Crippen LogP contribution < -0.4 is 19.5 Å². The van der Waals surface area contributed by atoms with Crippen molar-refractivity contribution in [2.75, 3.05) is 26.6 Å². The molecule has 0 fully saturated rings. The van der Waals surface area contributed by atoms with Crippen molar-refractivity contribution in [3.63, 3.8) is 0 Å². The first-order valence-corrected chi connectivity index (χ1v) is 9.02. The van der Waals surface area contributed by atoms with Crippen molar-refractivity contribution in [3.05, 3.63) is 42.6 Å². The number of H-pyrrole nitrogens is 1. The van der Waals surface area contributed by atoms with E-state index in [-0.39, 0.29) is 0 Å². The predicted octanol–water partition coefficient (Wildman–Crippen LogP) is 4.46. The summed E-state index contributed by atoms with van der Waals surface area (Å²) in [5.41, 5.74) is 2.87. The van der Waals surface area contributed by atoms with Crippen LogP contribution in [0.15, 0.2) is 42.6 Å². The van der Waals surface area contributed by atoms with Crippen molar-refractivity contribution in [1.29, 1.82) is 0 Å². The Labute approximate surface area is 159 Å². The molecule has 0 atom stereocenters. The molecule has 0 amide bonds. The van der Waals surface area contributed by atoms with Gasteiger partial charge in [0, 0.05) is 40.5 Å². The minimum absolute atomic E-state index is 0.544. The summed E-state index contributed by atoms with van der Waals surface area (Å²) in [7, 11) is 4.74. The number of aromatic amines is 1. The van der Waals surface area contributed by atoms with Crippen LogP contribution in [-0.4, -0.2) is 36.5 Å². The van der Waals surface area contributed by atoms with Gasteiger partial charge in [0.1, 0.15) is 0 Å². The van der Waals surface area contributed by atoms with Crippen LogP contribution in [0.4, 0.5) is 10.8 Å². The van der Waals surface area contributed by atoms with Crippen LogP contribution in [0.25, 0.3) is 21.5 Å². The number of benzene rings is 2. The zero-order chi connectivity index (χ0) is 18.8. The molecule has 0 aliphatic rings. The second-order valence-corrected chi connectivity index (χ2v) is 6.68. The standard InChI is InChI=1S/C19H18N4O3S/c1-24-15-8-11(9-16(25-2)17(15)26-3)21-19-23-22-18(27-19)13-10-20-14-7-5-4-6-12(13)14/h4-10,20H,1-3H3,(H,21,23). The number of nitrogens with one attached hydrogen (secondary N) is 2. The molecule has 2 aromatic carbocycles. The van der Waals surface area contributed by atoms with Gasteiger partial charge in [0.25, 0.3) is 0 Å². The van der Waals surface area contributed by atoms with Crippen LogP contribution in [0, 0.1) is 0 Å². The van der Waals surface area contributed by atoms with Crippen molar-refractivity contribution in [1.82, 2.24) is 15.2 Å². The smallest absolute Gasteiger partial charge is 0.210 e. The quantitative estimate of drug-likeness (QED) is 0.513. The molecular weight excluding hydrogens is 364 g/mol. The minimum atomic E-state index is 0.544. The Kier molecular flexibility index (Phi) is 4.55. The van der Waals surface area contributed by atoms with E-state index in [4.69, 9.17) is 14.2 Å². The maximum Gasteiger partial charge on any atom is 0.210 e. The summed E-state index contributed by atoms with van der Waals surface area (Å²) in [5.74, 6) is 1.68. The lowest BCUT2D eigenvalue weighted by molar-refractivity contribution is 0.324. The monoisotopic (exact) mass is 382 g/mol. The number of hydrogen-bond donors (Lipinski definition) is 2. The van der Waals surface area contributed by atoms with Crippen LogP contribution in [0.5, 0.6) is 17.2 Å². The second kappa shape index (κ2) is 7.16. The number of ether oxygens (including phenoxy) is 3. The normalized spacial score (nSPS) is 10.8. The summed E-state index contributed by atoms with van der Waals surface area (Å²) in [4.78, 5) is 3.26. The van der Waals surface area contributed by atoms with Crippen LogP contribution in [0.2, 0.25) is 0 Å². The summed E-state index contributed by atoms with van der Waals surface area (Å²) >= 11 is 1.47. The highest BCUT2D eigenvalue weighted by Crippen LogP contribution is 2.41. The molecule has 7 nitrogen and oxygen atoms in total. The molecule has 0 saturated heterocycles. The van der Waals surface area contributed by atoms with Crippen molar-refractivity contribution < 1.29 is 14.2 Å². The van der Waals surface area contributed by atoms with E-state index in [1.54, 1.807) is 21.3 Å². The van der Waals surface area contributed by atoms with Gasteiger partial charge in [-0.2, -0.15) is 0 Å². The molecule has 138 valence electrons. The zero-order valence-electron chi connectivity index (χ0n) is 15.1. The van der Waals surface area contributed by atoms with Gasteiger partial charge in [-0.15, -0.1) is 10.2 Å². The van der Waals surface area contributed by atoms with E-state index in [0.29, 0.717) is 22.4 Å². The molecule has 27 heavy (non-hydrogen) atoms. The second-order valence-electron chi connectivity index (χ2n) is 5.70. The number of fused-ring (bicyclic) bond motifs is 1. The SMILES string of the molecule is COc1cc(Nc2nnc(-c3c[nH]c4ccccc34)s2)cc(OC)c1OC. The van der Waals surface area contributed by atoms with Crippen LogP contribution >= 0.6 is 11.3 Å². The fourth-order valence-electron chi connectivity index (χ4n) is 2.91. The van der Waals surface area contributed by atoms with Crippen molar-refractivity contribution in [2.24, 2.45) is 0 Å². The van der Waals surface area contributed by atoms with Gasteiger partial charge in [-0.25, -0.2) is 0 Å². The van der Waals surface area contributed by atoms with Crippen LogP contribution in [-0.2, 0) is 0 Å². The molecule has 0 aliphatic heterocycles. The number of hydrogen-bond acceptors (Lipinski definition) is 7. The molecule has 0 spiro atoms. The van der Waals surface area contributed by atoms with Gasteiger partial charge in [0.2, 0.25) is 10.9 Å². The molecule has 0 bridgehead atoms. The summed E-state index contributed by atoms with van der Waals surface area (Å²) in [6.45, 7) is 0. The Morgan fingerprint density at radius 3 is 2.41 bits per heavy atom. The van der Waals surface area contributed by atoms with E-state index in [1.165, 1.54) is 11.3 Å². The lowest BCUT2D eigenvalue weighted by Crippen LogP contribution is -1.97. The van der Waals surface area contributed by atoms with Crippen LogP contribution in [0.3, 0.4) is 0 Å². The topological polar surface area (TPSA) is 81.3 Å². The predicted molar refractivity (Wildman–Crippen MR) is 107 cm³/mol. The Hall–Kier alpha value is -3.26. The largest absolute Gasteiger partial charge is 0.493 e. The molecule has 4 rings (SSSR count).